The summed E-state index contributed by atoms with van der Waals surface area (Å²) < 4.78 is 10.1. The van der Waals surface area contributed by atoms with Gasteiger partial charge in [-0.05, 0) is 18.8 Å². The molecule has 0 aromatic heterocycles. The van der Waals surface area contributed by atoms with E-state index in [0.29, 0.717) is 13.2 Å². The second-order valence-corrected chi connectivity index (χ2v) is 4.66. The van der Waals surface area contributed by atoms with Gasteiger partial charge in [-0.25, -0.2) is 9.59 Å². The summed E-state index contributed by atoms with van der Waals surface area (Å²) in [6, 6.07) is -0.633. The first-order valence-electron chi connectivity index (χ1n) is 7.16. The maximum absolute atomic E-state index is 11.9. The molecule has 0 aliphatic carbocycles. The molecule has 0 aliphatic rings. The van der Waals surface area contributed by atoms with E-state index >= 15 is 0 Å². The van der Waals surface area contributed by atoms with Gasteiger partial charge in [0.1, 0.15) is 6.04 Å². The van der Waals surface area contributed by atoms with Gasteiger partial charge in [0.15, 0.2) is 0 Å². The van der Waals surface area contributed by atoms with Crippen molar-refractivity contribution in [3.63, 3.8) is 0 Å². The van der Waals surface area contributed by atoms with Gasteiger partial charge in [0, 0.05) is 0 Å². The van der Waals surface area contributed by atoms with Crippen LogP contribution in [0, 0.1) is 5.92 Å². The molecule has 0 bridgehead atoms. The Morgan fingerprint density at radius 2 is 1.74 bits per heavy atom. The van der Waals surface area contributed by atoms with Crippen LogP contribution in [0.5, 0.6) is 0 Å². The predicted octanol–water partition coefficient (Wildman–Crippen LogP) is 2.88. The van der Waals surface area contributed by atoms with E-state index in [4.69, 9.17) is 9.47 Å². The Hall–Kier alpha value is -1.26. The first kappa shape index (κ1) is 17.7. The quantitative estimate of drug-likeness (QED) is 0.518. The van der Waals surface area contributed by atoms with Gasteiger partial charge < -0.3 is 14.8 Å². The van der Waals surface area contributed by atoms with Crippen molar-refractivity contribution < 1.29 is 19.1 Å². The van der Waals surface area contributed by atoms with E-state index in [2.05, 4.69) is 5.32 Å². The van der Waals surface area contributed by atoms with Crippen molar-refractivity contribution in [2.24, 2.45) is 5.92 Å². The van der Waals surface area contributed by atoms with Gasteiger partial charge in [-0.2, -0.15) is 0 Å². The molecule has 5 heteroatoms. The SMILES string of the molecule is CCCCOC(=O)[C@@H](NC(=O)OCCC)C(C)CC. The highest BCUT2D eigenvalue weighted by molar-refractivity contribution is 5.81. The number of amides is 1. The molecule has 0 fully saturated rings. The summed E-state index contributed by atoms with van der Waals surface area (Å²) in [6.45, 7) is 8.57. The molecular formula is C14H27NO4. The third kappa shape index (κ3) is 7.70. The topological polar surface area (TPSA) is 64.6 Å². The number of rotatable bonds is 9. The molecule has 1 unspecified atom stereocenters. The fraction of sp³-hybridized carbons (Fsp3) is 0.857. The van der Waals surface area contributed by atoms with Crippen LogP contribution in [-0.4, -0.2) is 31.3 Å². The number of carbonyl (C=O) groups excluding carboxylic acids is 2. The lowest BCUT2D eigenvalue weighted by molar-refractivity contribution is -0.147. The van der Waals surface area contributed by atoms with Crippen LogP contribution in [-0.2, 0) is 14.3 Å². The zero-order valence-electron chi connectivity index (χ0n) is 12.5. The molecule has 0 radical (unpaired) electrons. The van der Waals surface area contributed by atoms with Gasteiger partial charge in [0.25, 0.3) is 0 Å². The van der Waals surface area contributed by atoms with E-state index < -0.39 is 12.1 Å². The normalized spacial score (nSPS) is 13.5. The largest absolute Gasteiger partial charge is 0.464 e. The molecule has 19 heavy (non-hydrogen) atoms. The van der Waals surface area contributed by atoms with Crippen LogP contribution in [0.25, 0.3) is 0 Å². The fourth-order valence-electron chi connectivity index (χ4n) is 1.44. The molecule has 1 amide bonds. The molecule has 0 aromatic rings. The van der Waals surface area contributed by atoms with E-state index in [0.717, 1.165) is 25.7 Å². The van der Waals surface area contributed by atoms with Gasteiger partial charge in [-0.1, -0.05) is 40.5 Å². The minimum Gasteiger partial charge on any atom is -0.464 e. The lowest BCUT2D eigenvalue weighted by Crippen LogP contribution is -2.46. The molecule has 0 saturated heterocycles. The van der Waals surface area contributed by atoms with Crippen molar-refractivity contribution >= 4 is 12.1 Å². The summed E-state index contributed by atoms with van der Waals surface area (Å²) in [5.41, 5.74) is 0. The minimum atomic E-state index is -0.633. The van der Waals surface area contributed by atoms with E-state index in [-0.39, 0.29) is 11.9 Å². The van der Waals surface area contributed by atoms with Crippen LogP contribution >= 0.6 is 0 Å². The summed E-state index contributed by atoms with van der Waals surface area (Å²) in [5, 5.41) is 2.59. The van der Waals surface area contributed by atoms with Gasteiger partial charge in [-0.3, -0.25) is 0 Å². The van der Waals surface area contributed by atoms with Crippen LogP contribution < -0.4 is 5.32 Å². The lowest BCUT2D eigenvalue weighted by atomic mass is 9.99. The van der Waals surface area contributed by atoms with E-state index in [1.54, 1.807) is 0 Å². The van der Waals surface area contributed by atoms with Gasteiger partial charge >= 0.3 is 12.1 Å². The average Bonchev–Trinajstić information content (AvgIpc) is 2.41. The number of nitrogens with one attached hydrogen (secondary N) is 1. The molecule has 2 atom stereocenters. The number of ether oxygens (including phenoxy) is 2. The molecule has 0 saturated carbocycles. The van der Waals surface area contributed by atoms with Crippen LogP contribution in [0.15, 0.2) is 0 Å². The van der Waals surface area contributed by atoms with Crippen LogP contribution in [0.4, 0.5) is 4.79 Å². The van der Waals surface area contributed by atoms with E-state index in [9.17, 15) is 9.59 Å². The third-order valence-corrected chi connectivity index (χ3v) is 2.92. The van der Waals surface area contributed by atoms with E-state index in [1.165, 1.54) is 0 Å². The fourth-order valence-corrected chi connectivity index (χ4v) is 1.44. The highest BCUT2D eigenvalue weighted by atomic mass is 16.6. The van der Waals surface area contributed by atoms with Crippen molar-refractivity contribution in [3.05, 3.63) is 0 Å². The lowest BCUT2D eigenvalue weighted by Gasteiger charge is -2.22. The maximum Gasteiger partial charge on any atom is 0.407 e. The van der Waals surface area contributed by atoms with Crippen LogP contribution in [0.3, 0.4) is 0 Å². The van der Waals surface area contributed by atoms with Crippen LogP contribution in [0.1, 0.15) is 53.4 Å². The first-order chi connectivity index (χ1) is 9.06. The highest BCUT2D eigenvalue weighted by Gasteiger charge is 2.27. The van der Waals surface area contributed by atoms with Crippen molar-refractivity contribution in [1.29, 1.82) is 0 Å². The maximum atomic E-state index is 11.9. The molecule has 0 aliphatic heterocycles. The third-order valence-electron chi connectivity index (χ3n) is 2.92. The number of hydrogen-bond donors (Lipinski definition) is 1. The number of unbranched alkanes of at least 4 members (excludes halogenated alkanes) is 1. The molecule has 1 N–H and O–H groups in total. The smallest absolute Gasteiger partial charge is 0.407 e. The summed E-state index contributed by atoms with van der Waals surface area (Å²) >= 11 is 0. The molecule has 0 aromatic carbocycles. The minimum absolute atomic E-state index is 0.0169. The molecule has 0 spiro atoms. The predicted molar refractivity (Wildman–Crippen MR) is 73.9 cm³/mol. The Balaban J connectivity index is 4.36. The molecular weight excluding hydrogens is 246 g/mol. The number of carbonyl (C=O) groups is 2. The summed E-state index contributed by atoms with van der Waals surface area (Å²) in [6.07, 6.45) is 2.77. The van der Waals surface area contributed by atoms with Gasteiger partial charge in [0.2, 0.25) is 0 Å². The van der Waals surface area contributed by atoms with Gasteiger partial charge in [0.05, 0.1) is 13.2 Å². The molecule has 5 nitrogen and oxygen atoms in total. The summed E-state index contributed by atoms with van der Waals surface area (Å²) in [5.74, 6) is -0.362. The Labute approximate surface area is 116 Å². The summed E-state index contributed by atoms with van der Waals surface area (Å²) in [7, 11) is 0. The number of esters is 1. The Morgan fingerprint density at radius 1 is 1.05 bits per heavy atom. The van der Waals surface area contributed by atoms with Crippen molar-refractivity contribution in [3.8, 4) is 0 Å². The second-order valence-electron chi connectivity index (χ2n) is 4.66. The monoisotopic (exact) mass is 273 g/mol. The van der Waals surface area contributed by atoms with Crippen LogP contribution in [0.2, 0.25) is 0 Å². The number of hydrogen-bond acceptors (Lipinski definition) is 4. The highest BCUT2D eigenvalue weighted by Crippen LogP contribution is 2.10. The molecule has 112 valence electrons. The molecule has 0 rings (SSSR count). The Bertz CT molecular complexity index is 268. The van der Waals surface area contributed by atoms with Gasteiger partial charge in [-0.15, -0.1) is 0 Å². The molecule has 0 heterocycles. The van der Waals surface area contributed by atoms with Crippen molar-refractivity contribution in [2.75, 3.05) is 13.2 Å². The zero-order chi connectivity index (χ0) is 14.7. The first-order valence-corrected chi connectivity index (χ1v) is 7.16. The number of alkyl carbamates (subject to hydrolysis) is 1. The average molecular weight is 273 g/mol. The summed E-state index contributed by atoms with van der Waals surface area (Å²) in [4.78, 5) is 23.5. The zero-order valence-corrected chi connectivity index (χ0v) is 12.5. The van der Waals surface area contributed by atoms with Crippen molar-refractivity contribution in [2.45, 2.75) is 59.4 Å². The Morgan fingerprint density at radius 3 is 2.26 bits per heavy atom. The second kappa shape index (κ2) is 10.6. The van der Waals surface area contributed by atoms with Crippen molar-refractivity contribution in [1.82, 2.24) is 5.32 Å². The Kier molecular flexibility index (Phi) is 9.94. The van der Waals surface area contributed by atoms with E-state index in [1.807, 2.05) is 27.7 Å². The standard InChI is InChI=1S/C14H27NO4/c1-5-8-10-18-13(16)12(11(4)7-3)15-14(17)19-9-6-2/h11-12H,5-10H2,1-4H3,(H,15,17)/t11?,12-/m0/s1.